The molecule has 9 nitrogen and oxygen atoms in total. The minimum atomic E-state index is -4.84. The third-order valence-electron chi connectivity index (χ3n) is 4.00. The predicted molar refractivity (Wildman–Crippen MR) is 101 cm³/mol. The van der Waals surface area contributed by atoms with Crippen molar-refractivity contribution in [2.45, 2.75) is 12.9 Å². The molecule has 3 N–H and O–H groups in total. The number of pyridine rings is 1. The van der Waals surface area contributed by atoms with Gasteiger partial charge < -0.3 is 10.5 Å². The number of nitrogens with two attached hydrogens (primary N) is 1. The van der Waals surface area contributed by atoms with Crippen LogP contribution in [0, 0.1) is 0 Å². The van der Waals surface area contributed by atoms with Crippen molar-refractivity contribution in [2.75, 3.05) is 11.8 Å². The van der Waals surface area contributed by atoms with Gasteiger partial charge in [0.25, 0.3) is 5.91 Å². The first-order valence-corrected chi connectivity index (χ1v) is 9.74. The van der Waals surface area contributed by atoms with Gasteiger partial charge in [0, 0.05) is 19.8 Å². The van der Waals surface area contributed by atoms with Crippen LogP contribution >= 0.6 is 0 Å². The van der Waals surface area contributed by atoms with Crippen molar-refractivity contribution in [1.82, 2.24) is 13.9 Å². The van der Waals surface area contributed by atoms with Crippen LogP contribution in [0.25, 0.3) is 5.52 Å². The van der Waals surface area contributed by atoms with E-state index in [2.05, 4.69) is 14.6 Å². The number of alkyl halides is 3. The second-order valence-corrected chi connectivity index (χ2v) is 8.00. The molecule has 1 amide bonds. The van der Waals surface area contributed by atoms with Gasteiger partial charge in [-0.1, -0.05) is 0 Å². The fourth-order valence-electron chi connectivity index (χ4n) is 2.61. The average molecular weight is 443 g/mol. The average Bonchev–Trinajstić information content (AvgIpc) is 3.05. The van der Waals surface area contributed by atoms with Gasteiger partial charge in [0.05, 0.1) is 23.0 Å². The molecular weight excluding hydrogens is 427 g/mol. The summed E-state index contributed by atoms with van der Waals surface area (Å²) in [6.07, 6.45) is -1.97. The maximum atomic E-state index is 12.5. The van der Waals surface area contributed by atoms with Crippen molar-refractivity contribution >= 4 is 27.3 Å². The van der Waals surface area contributed by atoms with Crippen LogP contribution in [0.3, 0.4) is 0 Å². The number of amides is 1. The van der Waals surface area contributed by atoms with Crippen molar-refractivity contribution in [1.29, 1.82) is 0 Å². The van der Waals surface area contributed by atoms with Gasteiger partial charge in [0.2, 0.25) is 0 Å². The lowest BCUT2D eigenvalue weighted by Crippen LogP contribution is -2.32. The lowest BCUT2D eigenvalue weighted by Gasteiger charge is -2.19. The van der Waals surface area contributed by atoms with Crippen LogP contribution in [-0.2, 0) is 16.8 Å². The normalized spacial score (nSPS) is 12.3. The van der Waals surface area contributed by atoms with Gasteiger partial charge in [0.15, 0.2) is 0 Å². The van der Waals surface area contributed by atoms with Crippen molar-refractivity contribution < 1.29 is 31.1 Å². The SMILES string of the molecule is CN(Cc1ccn2ncc(C(N)=O)c2c1)S(=O)(=O)Nc1ccc(OC(F)(F)F)cc1. The Morgan fingerprint density at radius 2 is 1.93 bits per heavy atom. The van der Waals surface area contributed by atoms with E-state index in [-0.39, 0.29) is 17.8 Å². The molecule has 0 spiro atoms. The summed E-state index contributed by atoms with van der Waals surface area (Å²) < 4.78 is 70.1. The number of halogens is 3. The summed E-state index contributed by atoms with van der Waals surface area (Å²) in [5.41, 5.74) is 6.54. The van der Waals surface area contributed by atoms with Crippen LogP contribution < -0.4 is 15.2 Å². The second kappa shape index (κ2) is 7.84. The molecule has 0 atom stereocenters. The Labute approximate surface area is 169 Å². The molecule has 0 saturated heterocycles. The van der Waals surface area contributed by atoms with Crippen molar-refractivity contribution in [3.63, 3.8) is 0 Å². The van der Waals surface area contributed by atoms with E-state index < -0.39 is 28.2 Å². The molecule has 0 aliphatic rings. The molecular formula is C17H16F3N5O4S. The minimum absolute atomic E-state index is 0.0511. The molecule has 0 aliphatic carbocycles. The molecule has 160 valence electrons. The number of anilines is 1. The minimum Gasteiger partial charge on any atom is -0.406 e. The number of nitrogens with zero attached hydrogens (tertiary/aromatic N) is 3. The smallest absolute Gasteiger partial charge is 0.406 e. The number of fused-ring (bicyclic) bond motifs is 1. The van der Waals surface area contributed by atoms with E-state index >= 15 is 0 Å². The standard InChI is InChI=1S/C17H16F3N5O4S/c1-24(10-11-6-7-25-15(8-11)14(9-22-25)16(21)26)30(27,28)23-12-2-4-13(5-3-12)29-17(18,19)20/h2-9,23H,10H2,1H3,(H2,21,26). The van der Waals surface area contributed by atoms with Crippen molar-refractivity contribution in [3.8, 4) is 5.75 Å². The van der Waals surface area contributed by atoms with E-state index in [0.29, 0.717) is 11.1 Å². The molecule has 3 aromatic rings. The lowest BCUT2D eigenvalue weighted by molar-refractivity contribution is -0.274. The van der Waals surface area contributed by atoms with Crippen molar-refractivity contribution in [2.24, 2.45) is 5.73 Å². The molecule has 0 fully saturated rings. The molecule has 0 bridgehead atoms. The molecule has 0 unspecified atom stereocenters. The number of hydrogen-bond acceptors (Lipinski definition) is 5. The zero-order chi connectivity index (χ0) is 22.1. The highest BCUT2D eigenvalue weighted by atomic mass is 32.2. The fraction of sp³-hybridized carbons (Fsp3) is 0.176. The number of benzene rings is 1. The summed E-state index contributed by atoms with van der Waals surface area (Å²) in [6.45, 7) is -0.0511. The number of ether oxygens (including phenoxy) is 1. The molecule has 1 aromatic carbocycles. The summed E-state index contributed by atoms with van der Waals surface area (Å²) in [7, 11) is -2.70. The summed E-state index contributed by atoms with van der Waals surface area (Å²) >= 11 is 0. The zero-order valence-electron chi connectivity index (χ0n) is 15.4. The van der Waals surface area contributed by atoms with Crippen molar-refractivity contribution in [3.05, 3.63) is 59.9 Å². The lowest BCUT2D eigenvalue weighted by atomic mass is 10.2. The first-order chi connectivity index (χ1) is 13.9. The number of carbonyl (C=O) groups excluding carboxylic acids is 1. The van der Waals surface area contributed by atoms with Gasteiger partial charge in [-0.25, -0.2) is 4.52 Å². The fourth-order valence-corrected chi connectivity index (χ4v) is 3.52. The van der Waals surface area contributed by atoms with Gasteiger partial charge >= 0.3 is 16.6 Å². The molecule has 0 radical (unpaired) electrons. The Balaban J connectivity index is 1.73. The number of carbonyl (C=O) groups is 1. The first-order valence-electron chi connectivity index (χ1n) is 8.30. The highest BCUT2D eigenvalue weighted by molar-refractivity contribution is 7.90. The summed E-state index contributed by atoms with van der Waals surface area (Å²) in [5.74, 6) is -1.14. The Morgan fingerprint density at radius 1 is 1.27 bits per heavy atom. The number of rotatable bonds is 7. The molecule has 0 saturated carbocycles. The van der Waals surface area contributed by atoms with Crippen LogP contribution in [0.1, 0.15) is 15.9 Å². The van der Waals surface area contributed by atoms with Crippen LogP contribution in [0.4, 0.5) is 18.9 Å². The third kappa shape index (κ3) is 4.99. The maximum Gasteiger partial charge on any atom is 0.573 e. The summed E-state index contributed by atoms with van der Waals surface area (Å²) in [5, 5.41) is 3.99. The van der Waals surface area contributed by atoms with Gasteiger partial charge in [0.1, 0.15) is 5.75 Å². The Hall–Kier alpha value is -3.32. The zero-order valence-corrected chi connectivity index (χ0v) is 16.2. The van der Waals surface area contributed by atoms with Gasteiger partial charge in [-0.05, 0) is 42.0 Å². The highest BCUT2D eigenvalue weighted by Crippen LogP contribution is 2.24. The summed E-state index contributed by atoms with van der Waals surface area (Å²) in [6, 6.07) is 7.48. The Morgan fingerprint density at radius 3 is 2.53 bits per heavy atom. The van der Waals surface area contributed by atoms with Crippen LogP contribution in [0.15, 0.2) is 48.8 Å². The molecule has 0 aliphatic heterocycles. The predicted octanol–water partition coefficient (Wildman–Crippen LogP) is 2.12. The van der Waals surface area contributed by atoms with Crippen LogP contribution in [0.2, 0.25) is 0 Å². The third-order valence-corrected chi connectivity index (χ3v) is 5.45. The van der Waals surface area contributed by atoms with Gasteiger partial charge in [-0.3, -0.25) is 9.52 Å². The number of hydrogen-bond donors (Lipinski definition) is 2. The maximum absolute atomic E-state index is 12.5. The molecule has 30 heavy (non-hydrogen) atoms. The van der Waals surface area contributed by atoms with E-state index in [9.17, 15) is 26.4 Å². The van der Waals surface area contributed by atoms with E-state index in [1.165, 1.54) is 17.8 Å². The van der Waals surface area contributed by atoms with Gasteiger partial charge in [-0.2, -0.15) is 17.8 Å². The molecule has 2 aromatic heterocycles. The summed E-state index contributed by atoms with van der Waals surface area (Å²) in [4.78, 5) is 11.5. The first kappa shape index (κ1) is 21.4. The number of primary amides is 1. The van der Waals surface area contributed by atoms with Gasteiger partial charge in [-0.15, -0.1) is 13.2 Å². The monoisotopic (exact) mass is 443 g/mol. The number of aromatic nitrogens is 2. The van der Waals surface area contributed by atoms with E-state index in [4.69, 9.17) is 5.73 Å². The quantitative estimate of drug-likeness (QED) is 0.580. The van der Waals surface area contributed by atoms with E-state index in [1.807, 2.05) is 0 Å². The largest absolute Gasteiger partial charge is 0.573 e. The van der Waals surface area contributed by atoms with E-state index in [0.717, 1.165) is 28.6 Å². The Kier molecular flexibility index (Phi) is 5.59. The molecule has 3 rings (SSSR count). The number of nitrogens with one attached hydrogen (secondary N) is 1. The van der Waals surface area contributed by atoms with Crippen LogP contribution in [-0.4, -0.2) is 41.7 Å². The van der Waals surface area contributed by atoms with Crippen LogP contribution in [0.5, 0.6) is 5.75 Å². The highest BCUT2D eigenvalue weighted by Gasteiger charge is 2.31. The Bertz CT molecular complexity index is 1180. The molecule has 13 heteroatoms. The van der Waals surface area contributed by atoms with E-state index in [1.54, 1.807) is 18.3 Å². The molecule has 2 heterocycles. The second-order valence-electron chi connectivity index (χ2n) is 6.22. The topological polar surface area (TPSA) is 119 Å².